The maximum Gasteiger partial charge on any atom is 0.127 e. The molecule has 3 aromatic rings. The van der Waals surface area contributed by atoms with Gasteiger partial charge in [-0.25, -0.2) is 8.78 Å². The van der Waals surface area contributed by atoms with E-state index in [0.717, 1.165) is 31.7 Å². The van der Waals surface area contributed by atoms with Crippen molar-refractivity contribution in [2.24, 2.45) is 5.92 Å². The van der Waals surface area contributed by atoms with Crippen molar-refractivity contribution < 1.29 is 8.78 Å². The fraction of sp³-hybridized carbons (Fsp3) is 0.280. The molecule has 1 aliphatic rings. The Morgan fingerprint density at radius 2 is 1.78 bits per heavy atom. The number of aryl methyl sites for hydroxylation is 1. The van der Waals surface area contributed by atoms with Crippen LogP contribution in [-0.2, 0) is 6.42 Å². The van der Waals surface area contributed by atoms with E-state index in [1.165, 1.54) is 34.0 Å². The van der Waals surface area contributed by atoms with Crippen molar-refractivity contribution in [3.8, 4) is 11.8 Å². The Bertz CT molecular complexity index is 1020. The molecule has 0 heterocycles. The predicted octanol–water partition coefficient (Wildman–Crippen LogP) is 6.62. The van der Waals surface area contributed by atoms with Gasteiger partial charge in [-0.2, -0.15) is 0 Å². The average Bonchev–Trinajstić information content (AvgIpc) is 2.66. The second-order valence-electron chi connectivity index (χ2n) is 7.35. The van der Waals surface area contributed by atoms with Crippen molar-refractivity contribution >= 4 is 10.8 Å². The topological polar surface area (TPSA) is 0 Å². The van der Waals surface area contributed by atoms with Crippen LogP contribution < -0.4 is 0 Å². The maximum absolute atomic E-state index is 13.5. The number of hydrogen-bond donors (Lipinski definition) is 0. The van der Waals surface area contributed by atoms with Crippen molar-refractivity contribution in [3.63, 3.8) is 0 Å². The van der Waals surface area contributed by atoms with Crippen LogP contribution in [0.25, 0.3) is 10.8 Å². The van der Waals surface area contributed by atoms with Gasteiger partial charge >= 0.3 is 0 Å². The van der Waals surface area contributed by atoms with E-state index in [1.54, 1.807) is 0 Å². The van der Waals surface area contributed by atoms with Gasteiger partial charge < -0.3 is 0 Å². The molecule has 0 spiro atoms. The lowest BCUT2D eigenvalue weighted by Gasteiger charge is -2.31. The monoisotopic (exact) mass is 360 g/mol. The minimum atomic E-state index is -0.584. The molecule has 0 N–H and O–H groups in total. The number of fused-ring (bicyclic) bond motifs is 3. The van der Waals surface area contributed by atoms with Gasteiger partial charge in [-0.1, -0.05) is 61.6 Å². The van der Waals surface area contributed by atoms with E-state index < -0.39 is 11.6 Å². The zero-order valence-corrected chi connectivity index (χ0v) is 15.4. The highest BCUT2D eigenvalue weighted by molar-refractivity contribution is 5.87. The summed E-state index contributed by atoms with van der Waals surface area (Å²) in [5.74, 6) is 5.82. The number of rotatable bonds is 2. The van der Waals surface area contributed by atoms with Crippen molar-refractivity contribution in [2.75, 3.05) is 0 Å². The van der Waals surface area contributed by atoms with Gasteiger partial charge in [0, 0.05) is 17.5 Å². The SMILES string of the molecule is CCC[C@@H]1CCc2c(ccc3ccccc23)[C@H]1C#Cc1cc(F)cc(F)c1. The Hall–Kier alpha value is -2.66. The van der Waals surface area contributed by atoms with E-state index in [4.69, 9.17) is 0 Å². The highest BCUT2D eigenvalue weighted by Crippen LogP contribution is 2.41. The fourth-order valence-electron chi connectivity index (χ4n) is 4.34. The van der Waals surface area contributed by atoms with Crippen LogP contribution in [0.5, 0.6) is 0 Å². The van der Waals surface area contributed by atoms with Gasteiger partial charge in [0.1, 0.15) is 11.6 Å². The first kappa shape index (κ1) is 17.7. The lowest BCUT2D eigenvalue weighted by molar-refractivity contribution is 0.394. The van der Waals surface area contributed by atoms with Crippen LogP contribution in [0.3, 0.4) is 0 Å². The normalized spacial score (nSPS) is 18.6. The fourth-order valence-corrected chi connectivity index (χ4v) is 4.34. The lowest BCUT2D eigenvalue weighted by atomic mass is 9.72. The zero-order valence-electron chi connectivity index (χ0n) is 15.4. The molecule has 0 nitrogen and oxygen atoms in total. The minimum Gasteiger partial charge on any atom is -0.207 e. The molecule has 3 aromatic carbocycles. The van der Waals surface area contributed by atoms with Gasteiger partial charge in [0.2, 0.25) is 0 Å². The third-order valence-electron chi connectivity index (χ3n) is 5.54. The summed E-state index contributed by atoms with van der Waals surface area (Å²) in [5.41, 5.74) is 3.06. The van der Waals surface area contributed by atoms with Crippen LogP contribution in [0.4, 0.5) is 8.78 Å². The molecule has 2 atom stereocenters. The number of hydrogen-bond acceptors (Lipinski definition) is 0. The first-order valence-electron chi connectivity index (χ1n) is 9.64. The molecule has 0 unspecified atom stereocenters. The predicted molar refractivity (Wildman–Crippen MR) is 107 cm³/mol. The molecule has 0 radical (unpaired) electrons. The van der Waals surface area contributed by atoms with Gasteiger partial charge in [-0.15, -0.1) is 0 Å². The van der Waals surface area contributed by atoms with E-state index in [9.17, 15) is 8.78 Å². The van der Waals surface area contributed by atoms with Crippen LogP contribution in [0, 0.1) is 29.4 Å². The van der Waals surface area contributed by atoms with Gasteiger partial charge in [-0.3, -0.25) is 0 Å². The van der Waals surface area contributed by atoms with Gasteiger partial charge in [0.15, 0.2) is 0 Å². The molecule has 27 heavy (non-hydrogen) atoms. The van der Waals surface area contributed by atoms with Crippen LogP contribution in [-0.4, -0.2) is 0 Å². The zero-order chi connectivity index (χ0) is 18.8. The van der Waals surface area contributed by atoms with E-state index >= 15 is 0 Å². The summed E-state index contributed by atoms with van der Waals surface area (Å²) in [6.45, 7) is 2.20. The quantitative estimate of drug-likeness (QED) is 0.451. The third kappa shape index (κ3) is 3.60. The van der Waals surface area contributed by atoms with Crippen LogP contribution in [0.15, 0.2) is 54.6 Å². The molecule has 4 rings (SSSR count). The maximum atomic E-state index is 13.5. The summed E-state index contributed by atoms with van der Waals surface area (Å²) in [6.07, 6.45) is 4.39. The molecule has 0 aromatic heterocycles. The van der Waals surface area contributed by atoms with Crippen LogP contribution >= 0.6 is 0 Å². The van der Waals surface area contributed by atoms with E-state index in [1.807, 2.05) is 0 Å². The largest absolute Gasteiger partial charge is 0.207 e. The standard InChI is InChI=1S/C25H22F2/c1-2-5-18-9-12-24-22-7-4-3-6-19(22)10-13-25(24)23(18)11-8-17-14-20(26)16-21(27)15-17/h3-4,6-7,10,13-16,18,23H,2,5,9,12H2,1H3/t18-,23+/m1/s1. The van der Waals surface area contributed by atoms with Gasteiger partial charge in [-0.05, 0) is 59.2 Å². The molecule has 0 bridgehead atoms. The van der Waals surface area contributed by atoms with E-state index in [0.29, 0.717) is 11.5 Å². The average molecular weight is 360 g/mol. The molecule has 0 amide bonds. The Labute approximate surface area is 159 Å². The van der Waals surface area contributed by atoms with Crippen molar-refractivity contribution in [1.29, 1.82) is 0 Å². The molecule has 0 aliphatic heterocycles. The molecule has 1 aliphatic carbocycles. The highest BCUT2D eigenvalue weighted by atomic mass is 19.1. The number of benzene rings is 3. The summed E-state index contributed by atoms with van der Waals surface area (Å²) >= 11 is 0. The molecule has 2 heteroatoms. The lowest BCUT2D eigenvalue weighted by Crippen LogP contribution is -2.20. The molecular formula is C25H22F2. The molecule has 0 saturated heterocycles. The van der Waals surface area contributed by atoms with Crippen molar-refractivity contribution in [1.82, 2.24) is 0 Å². The number of halogens is 2. The summed E-state index contributed by atoms with van der Waals surface area (Å²) in [4.78, 5) is 0. The summed E-state index contributed by atoms with van der Waals surface area (Å²) in [5, 5.41) is 2.55. The Kier molecular flexibility index (Phi) is 4.94. The molecule has 136 valence electrons. The third-order valence-corrected chi connectivity index (χ3v) is 5.54. The second kappa shape index (κ2) is 7.53. The Balaban J connectivity index is 1.80. The van der Waals surface area contributed by atoms with Gasteiger partial charge in [0.25, 0.3) is 0 Å². The van der Waals surface area contributed by atoms with Crippen molar-refractivity contribution in [2.45, 2.75) is 38.5 Å². The summed E-state index contributed by atoms with van der Waals surface area (Å²) < 4.78 is 27.0. The highest BCUT2D eigenvalue weighted by Gasteiger charge is 2.28. The smallest absolute Gasteiger partial charge is 0.127 e. The van der Waals surface area contributed by atoms with Crippen molar-refractivity contribution in [3.05, 3.63) is 82.9 Å². The van der Waals surface area contributed by atoms with Gasteiger partial charge in [0.05, 0.1) is 0 Å². The molecule has 0 saturated carbocycles. The summed E-state index contributed by atoms with van der Waals surface area (Å²) in [7, 11) is 0. The Morgan fingerprint density at radius 3 is 2.56 bits per heavy atom. The van der Waals surface area contributed by atoms with Crippen LogP contribution in [0.1, 0.15) is 48.8 Å². The van der Waals surface area contributed by atoms with E-state index in [2.05, 4.69) is 55.2 Å². The van der Waals surface area contributed by atoms with E-state index in [-0.39, 0.29) is 5.92 Å². The second-order valence-corrected chi connectivity index (χ2v) is 7.35. The molecule has 0 fully saturated rings. The molecular weight excluding hydrogens is 338 g/mol. The van der Waals surface area contributed by atoms with Crippen LogP contribution in [0.2, 0.25) is 0 Å². The summed E-state index contributed by atoms with van der Waals surface area (Å²) in [6, 6.07) is 16.3. The minimum absolute atomic E-state index is 0.102. The first-order chi connectivity index (χ1) is 13.2. The first-order valence-corrected chi connectivity index (χ1v) is 9.64. The Morgan fingerprint density at radius 1 is 1.00 bits per heavy atom.